The van der Waals surface area contributed by atoms with Crippen molar-refractivity contribution in [1.29, 1.82) is 0 Å². The summed E-state index contributed by atoms with van der Waals surface area (Å²) in [6, 6.07) is 4.14. The molecule has 0 saturated heterocycles. The minimum absolute atomic E-state index is 0.00662. The van der Waals surface area contributed by atoms with Gasteiger partial charge in [-0.05, 0) is 17.7 Å². The number of rotatable bonds is 3. The first kappa shape index (κ1) is 19.2. The molecule has 1 aliphatic rings. The number of alkyl halides is 3. The molecule has 0 N–H and O–H groups in total. The summed E-state index contributed by atoms with van der Waals surface area (Å²) in [7, 11) is 0.942. The average Bonchev–Trinajstić information content (AvgIpc) is 3.14. The van der Waals surface area contributed by atoms with Crippen molar-refractivity contribution < 1.29 is 36.4 Å². The van der Waals surface area contributed by atoms with E-state index in [0.29, 0.717) is 5.69 Å². The van der Waals surface area contributed by atoms with E-state index in [0.717, 1.165) is 26.4 Å². The molecule has 0 spiro atoms. The maximum absolute atomic E-state index is 12.8. The fraction of sp³-hybridized carbons (Fsp3) is 0.294. The quantitative estimate of drug-likeness (QED) is 0.740. The predicted molar refractivity (Wildman–Crippen MR) is 89.4 cm³/mol. The Hall–Kier alpha value is -2.62. The molecule has 0 amide bonds. The minimum atomic E-state index is -4.51. The van der Waals surface area contributed by atoms with Gasteiger partial charge in [0.15, 0.2) is 0 Å². The topological polar surface area (TPSA) is 74.6 Å². The minimum Gasteiger partial charge on any atom is -0.465 e. The number of fused-ring (bicyclic) bond motifs is 1. The smallest absolute Gasteiger partial charge is 0.416 e. The third-order valence-corrected chi connectivity index (χ3v) is 5.35. The van der Waals surface area contributed by atoms with Crippen molar-refractivity contribution in [1.82, 2.24) is 4.57 Å². The number of benzene rings is 1. The molecule has 1 aromatic heterocycles. The van der Waals surface area contributed by atoms with Crippen molar-refractivity contribution in [2.45, 2.75) is 17.8 Å². The lowest BCUT2D eigenvalue weighted by Gasteiger charge is -2.11. The summed E-state index contributed by atoms with van der Waals surface area (Å²) in [5.74, 6) is -1.61. The van der Waals surface area contributed by atoms with E-state index in [-0.39, 0.29) is 34.0 Å². The molecule has 1 aliphatic heterocycles. The van der Waals surface area contributed by atoms with Crippen molar-refractivity contribution in [2.24, 2.45) is 0 Å². The van der Waals surface area contributed by atoms with Crippen LogP contribution in [0.25, 0.3) is 11.3 Å². The number of halogens is 3. The molecule has 6 nitrogen and oxygen atoms in total. The first-order valence-electron chi connectivity index (χ1n) is 7.63. The summed E-state index contributed by atoms with van der Waals surface area (Å²) in [4.78, 5) is 24.6. The van der Waals surface area contributed by atoms with Crippen LogP contribution in [-0.2, 0) is 38.1 Å². The Kier molecular flexibility index (Phi) is 4.85. The van der Waals surface area contributed by atoms with Crippen LogP contribution in [0.2, 0.25) is 0 Å². The number of hydrogen-bond acceptors (Lipinski definition) is 5. The standard InChI is InChI=1S/C17H14F3NO5S/c1-25-15(22)12-11-7-27(24)8-21(11)14(13(12)16(23)26-2)9-3-5-10(6-4-9)17(18,19)20/h3-6H,7-8H2,1-2H3/t27-/m1/s1. The number of methoxy groups -OCH3 is 2. The Bertz CT molecular complexity index is 947. The molecule has 10 heteroatoms. The van der Waals surface area contributed by atoms with E-state index in [2.05, 4.69) is 0 Å². The van der Waals surface area contributed by atoms with Gasteiger partial charge in [0.1, 0.15) is 5.56 Å². The molecule has 0 radical (unpaired) electrons. The van der Waals surface area contributed by atoms with Crippen LogP contribution in [0, 0.1) is 0 Å². The highest BCUT2D eigenvalue weighted by molar-refractivity contribution is 7.83. The number of aromatic nitrogens is 1. The molecule has 27 heavy (non-hydrogen) atoms. The van der Waals surface area contributed by atoms with Gasteiger partial charge in [0, 0.05) is 16.5 Å². The SMILES string of the molecule is COC(=O)c1c(C(=O)OC)c(-c2ccc(C(F)(F)F)cc2)n2c1C[S@@](=O)C2. The second-order valence-electron chi connectivity index (χ2n) is 5.74. The van der Waals surface area contributed by atoms with Crippen LogP contribution in [0.1, 0.15) is 32.0 Å². The Morgan fingerprint density at radius 3 is 2.11 bits per heavy atom. The molecule has 1 aromatic carbocycles. The van der Waals surface area contributed by atoms with Crippen LogP contribution in [0.3, 0.4) is 0 Å². The van der Waals surface area contributed by atoms with Crippen molar-refractivity contribution in [3.05, 3.63) is 46.6 Å². The third-order valence-electron chi connectivity index (χ3n) is 4.21. The highest BCUT2D eigenvalue weighted by Gasteiger charge is 2.37. The molecule has 3 rings (SSSR count). The molecule has 0 fully saturated rings. The van der Waals surface area contributed by atoms with Crippen LogP contribution < -0.4 is 0 Å². The highest BCUT2D eigenvalue weighted by Crippen LogP contribution is 2.38. The van der Waals surface area contributed by atoms with E-state index < -0.39 is 34.5 Å². The van der Waals surface area contributed by atoms with Gasteiger partial charge < -0.3 is 14.0 Å². The normalized spacial score (nSPS) is 16.1. The number of carbonyl (C=O) groups is 2. The molecule has 0 saturated carbocycles. The molecule has 2 heterocycles. The second-order valence-corrected chi connectivity index (χ2v) is 7.17. The maximum atomic E-state index is 12.8. The van der Waals surface area contributed by atoms with Crippen molar-refractivity contribution in [3.63, 3.8) is 0 Å². The first-order valence-corrected chi connectivity index (χ1v) is 9.12. The highest BCUT2D eigenvalue weighted by atomic mass is 32.2. The predicted octanol–water partition coefficient (Wildman–Crippen LogP) is 2.97. The van der Waals surface area contributed by atoms with E-state index >= 15 is 0 Å². The van der Waals surface area contributed by atoms with Crippen LogP contribution >= 0.6 is 0 Å². The summed E-state index contributed by atoms with van der Waals surface area (Å²) in [6.45, 7) is 0. The van der Waals surface area contributed by atoms with E-state index in [1.165, 1.54) is 16.7 Å². The van der Waals surface area contributed by atoms with Gasteiger partial charge in [-0.3, -0.25) is 4.21 Å². The van der Waals surface area contributed by atoms with E-state index in [1.807, 2.05) is 0 Å². The Morgan fingerprint density at radius 2 is 1.59 bits per heavy atom. The van der Waals surface area contributed by atoms with Crippen LogP contribution in [0.15, 0.2) is 24.3 Å². The Balaban J connectivity index is 2.27. The number of ether oxygens (including phenoxy) is 2. The number of nitrogens with zero attached hydrogens (tertiary/aromatic N) is 1. The van der Waals surface area contributed by atoms with Crippen LogP contribution in [-0.4, -0.2) is 34.9 Å². The van der Waals surface area contributed by atoms with Gasteiger partial charge in [0.05, 0.1) is 42.7 Å². The van der Waals surface area contributed by atoms with Gasteiger partial charge in [-0.15, -0.1) is 0 Å². The van der Waals surface area contributed by atoms with Gasteiger partial charge in [0.2, 0.25) is 0 Å². The summed E-state index contributed by atoms with van der Waals surface area (Å²) in [6.07, 6.45) is -4.51. The van der Waals surface area contributed by atoms with Gasteiger partial charge in [0.25, 0.3) is 0 Å². The summed E-state index contributed by atoms with van der Waals surface area (Å²) >= 11 is 0. The number of esters is 2. The Morgan fingerprint density at radius 1 is 1.04 bits per heavy atom. The molecule has 144 valence electrons. The molecule has 0 unspecified atom stereocenters. The van der Waals surface area contributed by atoms with Crippen LogP contribution in [0.4, 0.5) is 13.2 Å². The Labute approximate surface area is 154 Å². The van der Waals surface area contributed by atoms with Gasteiger partial charge >= 0.3 is 18.1 Å². The average molecular weight is 401 g/mol. The molecular weight excluding hydrogens is 387 g/mol. The van der Waals surface area contributed by atoms with Crippen molar-refractivity contribution in [3.8, 4) is 11.3 Å². The lowest BCUT2D eigenvalue weighted by Crippen LogP contribution is -2.12. The van der Waals surface area contributed by atoms with Gasteiger partial charge in [-0.25, -0.2) is 9.59 Å². The lowest BCUT2D eigenvalue weighted by molar-refractivity contribution is -0.137. The lowest BCUT2D eigenvalue weighted by atomic mass is 10.0. The van der Waals surface area contributed by atoms with E-state index in [9.17, 15) is 27.0 Å². The summed E-state index contributed by atoms with van der Waals surface area (Å²) in [5, 5.41) is 0. The van der Waals surface area contributed by atoms with Gasteiger partial charge in [-0.2, -0.15) is 13.2 Å². The largest absolute Gasteiger partial charge is 0.465 e. The third kappa shape index (κ3) is 3.25. The number of hydrogen-bond donors (Lipinski definition) is 0. The summed E-state index contributed by atoms with van der Waals surface area (Å²) in [5.41, 5.74) is -0.275. The zero-order chi connectivity index (χ0) is 19.9. The monoisotopic (exact) mass is 401 g/mol. The van der Waals surface area contributed by atoms with E-state index in [4.69, 9.17) is 9.47 Å². The van der Waals surface area contributed by atoms with E-state index in [1.54, 1.807) is 0 Å². The molecular formula is C17H14F3NO5S. The zero-order valence-corrected chi connectivity index (χ0v) is 15.1. The zero-order valence-electron chi connectivity index (χ0n) is 14.3. The van der Waals surface area contributed by atoms with Crippen molar-refractivity contribution in [2.75, 3.05) is 14.2 Å². The second kappa shape index (κ2) is 6.84. The first-order chi connectivity index (χ1) is 12.7. The molecule has 0 bridgehead atoms. The molecule has 2 aromatic rings. The summed E-state index contributed by atoms with van der Waals surface area (Å²) < 4.78 is 61.5. The fourth-order valence-corrected chi connectivity index (χ4v) is 4.31. The number of carbonyl (C=O) groups excluding carboxylic acids is 2. The molecule has 1 atom stereocenters. The molecule has 0 aliphatic carbocycles. The maximum Gasteiger partial charge on any atom is 0.416 e. The van der Waals surface area contributed by atoms with Crippen molar-refractivity contribution >= 4 is 22.7 Å². The fourth-order valence-electron chi connectivity index (χ4n) is 3.04. The van der Waals surface area contributed by atoms with Crippen LogP contribution in [0.5, 0.6) is 0 Å². The van der Waals surface area contributed by atoms with Gasteiger partial charge in [-0.1, -0.05) is 12.1 Å².